The predicted molar refractivity (Wildman–Crippen MR) is 162 cm³/mol. The summed E-state index contributed by atoms with van der Waals surface area (Å²) in [6.07, 6.45) is 2.60. The van der Waals surface area contributed by atoms with Gasteiger partial charge in [-0.15, -0.1) is 21.5 Å². The largest absolute Gasteiger partial charge is 0.495 e. The van der Waals surface area contributed by atoms with Gasteiger partial charge >= 0.3 is 5.97 Å². The standard InChI is InChI=1S/C29H27ClFN5O5S2/c1-3-41-28(39)24-16-8-6-13-21(16)43-27(24)33-23(37)15-42-29-35-34-22(36(29)19-11-4-5-12-20(19)40-2)14-32-26(38)25-17(30)9-7-10-18(25)31/h4-5,7,9-12H,3,6,8,13-15H2,1-2H3,(H,32,38)(H,33,37). The number of halogens is 2. The lowest BCUT2D eigenvalue weighted by molar-refractivity contribution is -0.113. The van der Waals surface area contributed by atoms with Crippen LogP contribution in [-0.4, -0.2) is 52.0 Å². The Bertz CT molecular complexity index is 1670. The van der Waals surface area contributed by atoms with Crippen molar-refractivity contribution >= 4 is 57.5 Å². The number of methoxy groups -OCH3 is 1. The van der Waals surface area contributed by atoms with Crippen molar-refractivity contribution in [2.24, 2.45) is 0 Å². The number of hydrogen-bond acceptors (Lipinski definition) is 9. The summed E-state index contributed by atoms with van der Waals surface area (Å²) in [7, 11) is 1.52. The van der Waals surface area contributed by atoms with E-state index >= 15 is 0 Å². The lowest BCUT2D eigenvalue weighted by atomic mass is 10.1. The van der Waals surface area contributed by atoms with Crippen molar-refractivity contribution in [3.8, 4) is 11.4 Å². The molecule has 0 bridgehead atoms. The van der Waals surface area contributed by atoms with E-state index in [2.05, 4.69) is 20.8 Å². The third-order valence-electron chi connectivity index (χ3n) is 6.61. The van der Waals surface area contributed by atoms with Gasteiger partial charge in [0.25, 0.3) is 5.91 Å². The van der Waals surface area contributed by atoms with Crippen molar-refractivity contribution in [1.82, 2.24) is 20.1 Å². The van der Waals surface area contributed by atoms with E-state index < -0.39 is 17.7 Å². The first kappa shape index (κ1) is 30.5. The zero-order valence-electron chi connectivity index (χ0n) is 23.2. The second-order valence-corrected chi connectivity index (χ2v) is 11.8. The average molecular weight is 644 g/mol. The van der Waals surface area contributed by atoms with Crippen molar-refractivity contribution in [2.45, 2.75) is 37.9 Å². The molecule has 2 aromatic heterocycles. The Labute approximate surface area is 259 Å². The minimum atomic E-state index is -0.750. The Hall–Kier alpha value is -3.94. The highest BCUT2D eigenvalue weighted by atomic mass is 35.5. The Morgan fingerprint density at radius 1 is 1.12 bits per heavy atom. The molecular weight excluding hydrogens is 617 g/mol. The first-order chi connectivity index (χ1) is 20.8. The number of esters is 1. The van der Waals surface area contributed by atoms with Crippen LogP contribution >= 0.6 is 34.7 Å². The summed E-state index contributed by atoms with van der Waals surface area (Å²) < 4.78 is 26.7. The highest BCUT2D eigenvalue weighted by Crippen LogP contribution is 2.39. The van der Waals surface area contributed by atoms with E-state index in [0.29, 0.717) is 33.0 Å². The number of aromatic nitrogens is 3. The Morgan fingerprint density at radius 2 is 1.93 bits per heavy atom. The lowest BCUT2D eigenvalue weighted by Crippen LogP contribution is -2.26. The van der Waals surface area contributed by atoms with Gasteiger partial charge in [-0.3, -0.25) is 14.2 Å². The summed E-state index contributed by atoms with van der Waals surface area (Å²) in [5.74, 6) is -1.47. The van der Waals surface area contributed by atoms with Crippen molar-refractivity contribution < 1.29 is 28.2 Å². The van der Waals surface area contributed by atoms with Gasteiger partial charge in [-0.1, -0.05) is 41.6 Å². The Balaban J connectivity index is 1.36. The molecule has 10 nitrogen and oxygen atoms in total. The summed E-state index contributed by atoms with van der Waals surface area (Å²) in [4.78, 5) is 39.7. The number of para-hydroxylation sites is 2. The molecule has 2 heterocycles. The van der Waals surface area contributed by atoms with Crippen molar-refractivity contribution in [3.05, 3.63) is 80.7 Å². The SMILES string of the molecule is CCOC(=O)c1c(NC(=O)CSc2nnc(CNC(=O)c3c(F)cccc3Cl)n2-c2ccccc2OC)sc2c1CCC2. The van der Waals surface area contributed by atoms with Crippen LogP contribution in [0.25, 0.3) is 5.69 Å². The number of amides is 2. The Kier molecular flexibility index (Phi) is 9.63. The number of fused-ring (bicyclic) bond motifs is 1. The zero-order chi connectivity index (χ0) is 30.5. The molecule has 0 saturated carbocycles. The molecule has 43 heavy (non-hydrogen) atoms. The van der Waals surface area contributed by atoms with Gasteiger partial charge in [0.1, 0.15) is 16.6 Å². The molecule has 0 fully saturated rings. The monoisotopic (exact) mass is 643 g/mol. The molecule has 2 aromatic carbocycles. The molecule has 4 aromatic rings. The van der Waals surface area contributed by atoms with Gasteiger partial charge in [0.15, 0.2) is 11.0 Å². The number of ether oxygens (including phenoxy) is 2. The lowest BCUT2D eigenvalue weighted by Gasteiger charge is -2.14. The van der Waals surface area contributed by atoms with E-state index in [0.717, 1.165) is 47.5 Å². The number of thioether (sulfide) groups is 1. The molecule has 0 unspecified atom stereocenters. The molecule has 0 radical (unpaired) electrons. The molecule has 1 aliphatic rings. The maximum atomic E-state index is 14.3. The number of nitrogens with one attached hydrogen (secondary N) is 2. The van der Waals surface area contributed by atoms with Gasteiger partial charge in [0, 0.05) is 4.88 Å². The van der Waals surface area contributed by atoms with Crippen LogP contribution in [0, 0.1) is 5.82 Å². The predicted octanol–water partition coefficient (Wildman–Crippen LogP) is 5.46. The maximum Gasteiger partial charge on any atom is 0.341 e. The summed E-state index contributed by atoms with van der Waals surface area (Å²) in [6, 6.07) is 11.1. The number of hydrogen-bond donors (Lipinski definition) is 2. The normalized spacial score (nSPS) is 12.1. The maximum absolute atomic E-state index is 14.3. The fourth-order valence-corrected chi connectivity index (χ4v) is 7.04. The Morgan fingerprint density at radius 3 is 2.70 bits per heavy atom. The summed E-state index contributed by atoms with van der Waals surface area (Å²) in [6.45, 7) is 1.86. The topological polar surface area (TPSA) is 124 Å². The second kappa shape index (κ2) is 13.6. The summed E-state index contributed by atoms with van der Waals surface area (Å²) in [5, 5.41) is 14.8. The van der Waals surface area contributed by atoms with Crippen LogP contribution in [0.5, 0.6) is 5.75 Å². The third kappa shape index (κ3) is 6.53. The van der Waals surface area contributed by atoms with E-state index in [-0.39, 0.29) is 35.4 Å². The molecule has 5 rings (SSSR count). The van der Waals surface area contributed by atoms with Gasteiger partial charge in [0.2, 0.25) is 5.91 Å². The van der Waals surface area contributed by atoms with Crippen LogP contribution in [0.3, 0.4) is 0 Å². The number of rotatable bonds is 11. The van der Waals surface area contributed by atoms with E-state index in [4.69, 9.17) is 21.1 Å². The first-order valence-electron chi connectivity index (χ1n) is 13.4. The molecule has 2 amide bonds. The third-order valence-corrected chi connectivity index (χ3v) is 9.06. The molecule has 224 valence electrons. The van der Waals surface area contributed by atoms with E-state index in [1.165, 1.54) is 30.6 Å². The van der Waals surface area contributed by atoms with Crippen LogP contribution < -0.4 is 15.4 Å². The van der Waals surface area contributed by atoms with Crippen LogP contribution in [-0.2, 0) is 28.9 Å². The zero-order valence-corrected chi connectivity index (χ0v) is 25.6. The minimum Gasteiger partial charge on any atom is -0.495 e. The first-order valence-corrected chi connectivity index (χ1v) is 15.5. The smallest absolute Gasteiger partial charge is 0.341 e. The molecule has 0 atom stereocenters. The highest BCUT2D eigenvalue weighted by Gasteiger charge is 2.29. The molecule has 14 heteroatoms. The van der Waals surface area contributed by atoms with E-state index in [9.17, 15) is 18.8 Å². The van der Waals surface area contributed by atoms with Crippen LogP contribution in [0.1, 0.15) is 50.3 Å². The van der Waals surface area contributed by atoms with Gasteiger partial charge in [0.05, 0.1) is 47.9 Å². The quantitative estimate of drug-likeness (QED) is 0.163. The molecule has 0 spiro atoms. The number of carbonyl (C=O) groups excluding carboxylic acids is 3. The van der Waals surface area contributed by atoms with Crippen molar-refractivity contribution in [3.63, 3.8) is 0 Å². The van der Waals surface area contributed by atoms with Crippen molar-refractivity contribution in [2.75, 3.05) is 24.8 Å². The second-order valence-electron chi connectivity index (χ2n) is 9.30. The highest BCUT2D eigenvalue weighted by molar-refractivity contribution is 7.99. The number of benzene rings is 2. The van der Waals surface area contributed by atoms with Gasteiger partial charge in [-0.05, 0) is 56.0 Å². The van der Waals surface area contributed by atoms with Crippen LogP contribution in [0.15, 0.2) is 47.6 Å². The van der Waals surface area contributed by atoms with Gasteiger partial charge in [-0.25, -0.2) is 9.18 Å². The van der Waals surface area contributed by atoms with E-state index in [1.54, 1.807) is 35.8 Å². The van der Waals surface area contributed by atoms with Crippen LogP contribution in [0.4, 0.5) is 9.39 Å². The summed E-state index contributed by atoms with van der Waals surface area (Å²) in [5.41, 5.74) is 1.68. The molecule has 2 N–H and O–H groups in total. The molecule has 1 aliphatic carbocycles. The number of carbonyl (C=O) groups is 3. The number of nitrogens with zero attached hydrogens (tertiary/aromatic N) is 3. The fourth-order valence-electron chi connectivity index (χ4n) is 4.73. The number of anilines is 1. The number of thiophene rings is 1. The van der Waals surface area contributed by atoms with Gasteiger partial charge in [-0.2, -0.15) is 0 Å². The molecule has 0 saturated heterocycles. The molecule has 0 aliphatic heterocycles. The van der Waals surface area contributed by atoms with E-state index in [1.807, 2.05) is 0 Å². The van der Waals surface area contributed by atoms with Crippen molar-refractivity contribution in [1.29, 1.82) is 0 Å². The summed E-state index contributed by atoms with van der Waals surface area (Å²) >= 11 is 8.57. The average Bonchev–Trinajstić information content (AvgIpc) is 3.69. The number of aryl methyl sites for hydroxylation is 1. The van der Waals surface area contributed by atoms with Crippen LogP contribution in [0.2, 0.25) is 5.02 Å². The van der Waals surface area contributed by atoms with Gasteiger partial charge < -0.3 is 20.1 Å². The minimum absolute atomic E-state index is 0.0203. The molecular formula is C29H27ClFN5O5S2. The fraction of sp³-hybridized carbons (Fsp3) is 0.276.